The lowest BCUT2D eigenvalue weighted by Crippen LogP contribution is -2.15. The highest BCUT2D eigenvalue weighted by atomic mass is 32.2. The minimum atomic E-state index is -3.52. The fourth-order valence-electron chi connectivity index (χ4n) is 1.62. The third-order valence-electron chi connectivity index (χ3n) is 2.44. The van der Waals surface area contributed by atoms with Crippen LogP contribution in [0.2, 0.25) is 0 Å². The van der Waals surface area contributed by atoms with Gasteiger partial charge in [0.05, 0.1) is 11.4 Å². The highest BCUT2D eigenvalue weighted by molar-refractivity contribution is 7.91. The number of halogens is 1. The highest BCUT2D eigenvalue weighted by Gasteiger charge is 2.12. The monoisotopic (exact) mass is 280 g/mol. The molecule has 0 aliphatic rings. The molecule has 0 amide bonds. The molecule has 2 rings (SSSR count). The largest absolute Gasteiger partial charge is 0.283 e. The number of aryl methyl sites for hydroxylation is 1. The molecule has 0 unspecified atom stereocenters. The Morgan fingerprint density at radius 3 is 2.53 bits per heavy atom. The van der Waals surface area contributed by atoms with Crippen LogP contribution in [0.5, 0.6) is 0 Å². The average Bonchev–Trinajstić information content (AvgIpc) is 2.31. The third kappa shape index (κ3) is 4.03. The molecule has 1 aromatic heterocycles. The van der Waals surface area contributed by atoms with Gasteiger partial charge in [-0.15, -0.1) is 0 Å². The average molecular weight is 280 g/mol. The smallest absolute Gasteiger partial charge is 0.236 e. The zero-order chi connectivity index (χ0) is 13.9. The number of rotatable bonds is 4. The summed E-state index contributed by atoms with van der Waals surface area (Å²) in [5.74, 6) is -0.590. The second-order valence-corrected chi connectivity index (χ2v) is 5.90. The summed E-state index contributed by atoms with van der Waals surface area (Å²) < 4.78 is 39.1. The van der Waals surface area contributed by atoms with E-state index in [2.05, 4.69) is 9.71 Å². The summed E-state index contributed by atoms with van der Waals surface area (Å²) in [6.45, 7) is 1.78. The Bertz CT molecular complexity index is 669. The maximum Gasteiger partial charge on any atom is 0.236 e. The van der Waals surface area contributed by atoms with Crippen LogP contribution in [0.4, 0.5) is 10.1 Å². The normalized spacial score (nSPS) is 11.3. The molecule has 100 valence electrons. The van der Waals surface area contributed by atoms with Gasteiger partial charge in [-0.25, -0.2) is 12.8 Å². The molecule has 0 aliphatic carbocycles. The van der Waals surface area contributed by atoms with Gasteiger partial charge in [0.1, 0.15) is 5.82 Å². The zero-order valence-corrected chi connectivity index (χ0v) is 11.1. The minimum Gasteiger partial charge on any atom is -0.283 e. The number of sulfonamides is 1. The summed E-state index contributed by atoms with van der Waals surface area (Å²) in [5, 5.41) is 0. The van der Waals surface area contributed by atoms with Crippen molar-refractivity contribution in [2.45, 2.75) is 12.7 Å². The molecule has 1 heterocycles. The van der Waals surface area contributed by atoms with E-state index in [0.29, 0.717) is 11.3 Å². The van der Waals surface area contributed by atoms with Gasteiger partial charge in [0.15, 0.2) is 0 Å². The minimum absolute atomic E-state index is 0.200. The van der Waals surface area contributed by atoms with Crippen molar-refractivity contribution < 1.29 is 12.8 Å². The van der Waals surface area contributed by atoms with E-state index in [-0.39, 0.29) is 11.6 Å². The molecule has 19 heavy (non-hydrogen) atoms. The van der Waals surface area contributed by atoms with Crippen molar-refractivity contribution in [1.29, 1.82) is 0 Å². The molecule has 0 aliphatic heterocycles. The van der Waals surface area contributed by atoms with Crippen LogP contribution < -0.4 is 4.72 Å². The first-order chi connectivity index (χ1) is 8.94. The van der Waals surface area contributed by atoms with E-state index in [4.69, 9.17) is 0 Å². The number of anilines is 1. The maximum absolute atomic E-state index is 12.7. The summed E-state index contributed by atoms with van der Waals surface area (Å²) in [5.41, 5.74) is 1.72. The summed E-state index contributed by atoms with van der Waals surface area (Å²) in [6.07, 6.45) is 1.53. The Kier molecular flexibility index (Phi) is 3.80. The van der Waals surface area contributed by atoms with Crippen molar-refractivity contribution in [3.63, 3.8) is 0 Å². The number of benzene rings is 1. The molecular weight excluding hydrogens is 267 g/mol. The second kappa shape index (κ2) is 5.36. The van der Waals surface area contributed by atoms with E-state index >= 15 is 0 Å². The molecular formula is C13H13FN2O2S. The predicted octanol–water partition coefficient (Wildman–Crippen LogP) is 2.47. The molecule has 0 bridgehead atoms. The van der Waals surface area contributed by atoms with Crippen molar-refractivity contribution in [3.05, 3.63) is 59.7 Å². The topological polar surface area (TPSA) is 59.1 Å². The SMILES string of the molecule is Cc1cc(NS(=O)(=O)Cc2ccc(F)cc2)ccn1. The molecule has 0 saturated carbocycles. The summed E-state index contributed by atoms with van der Waals surface area (Å²) >= 11 is 0. The molecule has 0 radical (unpaired) electrons. The quantitative estimate of drug-likeness (QED) is 0.936. The van der Waals surface area contributed by atoms with Crippen molar-refractivity contribution in [1.82, 2.24) is 4.98 Å². The number of hydrogen-bond acceptors (Lipinski definition) is 3. The predicted molar refractivity (Wildman–Crippen MR) is 71.6 cm³/mol. The Morgan fingerprint density at radius 1 is 1.21 bits per heavy atom. The number of aromatic nitrogens is 1. The zero-order valence-electron chi connectivity index (χ0n) is 10.3. The molecule has 0 atom stereocenters. The van der Waals surface area contributed by atoms with Gasteiger partial charge in [0.25, 0.3) is 0 Å². The van der Waals surface area contributed by atoms with Crippen molar-refractivity contribution >= 4 is 15.7 Å². The van der Waals surface area contributed by atoms with Crippen LogP contribution in [0.3, 0.4) is 0 Å². The van der Waals surface area contributed by atoms with E-state index in [1.807, 2.05) is 0 Å². The van der Waals surface area contributed by atoms with E-state index in [0.717, 1.165) is 5.69 Å². The Balaban J connectivity index is 2.13. The third-order valence-corrected chi connectivity index (χ3v) is 3.70. The lowest BCUT2D eigenvalue weighted by atomic mass is 10.2. The fraction of sp³-hybridized carbons (Fsp3) is 0.154. The number of nitrogens with one attached hydrogen (secondary N) is 1. The van der Waals surface area contributed by atoms with Gasteiger partial charge < -0.3 is 0 Å². The first-order valence-electron chi connectivity index (χ1n) is 5.62. The van der Waals surface area contributed by atoms with E-state index < -0.39 is 10.0 Å². The first-order valence-corrected chi connectivity index (χ1v) is 7.27. The Hall–Kier alpha value is -1.95. The molecule has 2 aromatic rings. The van der Waals surface area contributed by atoms with Gasteiger partial charge in [-0.1, -0.05) is 12.1 Å². The van der Waals surface area contributed by atoms with Gasteiger partial charge in [-0.2, -0.15) is 0 Å². The molecule has 6 heteroatoms. The van der Waals surface area contributed by atoms with Crippen molar-refractivity contribution in [3.8, 4) is 0 Å². The van der Waals surface area contributed by atoms with E-state index in [9.17, 15) is 12.8 Å². The van der Waals surface area contributed by atoms with Crippen molar-refractivity contribution in [2.75, 3.05) is 4.72 Å². The van der Waals surface area contributed by atoms with Crippen LogP contribution in [0, 0.1) is 12.7 Å². The molecule has 0 fully saturated rings. The lowest BCUT2D eigenvalue weighted by molar-refractivity contribution is 0.600. The summed E-state index contributed by atoms with van der Waals surface area (Å²) in [6, 6.07) is 8.60. The number of pyridine rings is 1. The molecule has 1 N–H and O–H groups in total. The highest BCUT2D eigenvalue weighted by Crippen LogP contribution is 2.13. The van der Waals surface area contributed by atoms with Crippen LogP contribution in [0.25, 0.3) is 0 Å². The molecule has 4 nitrogen and oxygen atoms in total. The van der Waals surface area contributed by atoms with Gasteiger partial charge in [0, 0.05) is 11.9 Å². The van der Waals surface area contributed by atoms with Gasteiger partial charge >= 0.3 is 0 Å². The van der Waals surface area contributed by atoms with Gasteiger partial charge in [0.2, 0.25) is 10.0 Å². The molecule has 0 saturated heterocycles. The maximum atomic E-state index is 12.7. The number of nitrogens with zero attached hydrogens (tertiary/aromatic N) is 1. The van der Waals surface area contributed by atoms with Crippen molar-refractivity contribution in [2.24, 2.45) is 0 Å². The number of hydrogen-bond donors (Lipinski definition) is 1. The van der Waals surface area contributed by atoms with Gasteiger partial charge in [-0.05, 0) is 36.8 Å². The summed E-state index contributed by atoms with van der Waals surface area (Å²) in [4.78, 5) is 3.99. The fourth-order valence-corrected chi connectivity index (χ4v) is 2.81. The standard InChI is InChI=1S/C13H13FN2O2S/c1-10-8-13(6-7-15-10)16-19(17,18)9-11-2-4-12(14)5-3-11/h2-8H,9H2,1H3,(H,15,16). The van der Waals surface area contributed by atoms with Crippen LogP contribution in [0.15, 0.2) is 42.6 Å². The van der Waals surface area contributed by atoms with Gasteiger partial charge in [-0.3, -0.25) is 9.71 Å². The Morgan fingerprint density at radius 2 is 1.89 bits per heavy atom. The van der Waals surface area contributed by atoms with E-state index in [1.165, 1.54) is 30.5 Å². The van der Waals surface area contributed by atoms with Crippen LogP contribution in [-0.2, 0) is 15.8 Å². The first kappa shape index (κ1) is 13.5. The second-order valence-electron chi connectivity index (χ2n) is 4.17. The Labute approximate surface area is 111 Å². The van der Waals surface area contributed by atoms with E-state index in [1.54, 1.807) is 19.1 Å². The van der Waals surface area contributed by atoms with Crippen LogP contribution in [0.1, 0.15) is 11.3 Å². The molecule has 0 spiro atoms. The lowest BCUT2D eigenvalue weighted by Gasteiger charge is -2.08. The summed E-state index contributed by atoms with van der Waals surface area (Å²) in [7, 11) is -3.52. The van der Waals surface area contributed by atoms with Crippen LogP contribution in [-0.4, -0.2) is 13.4 Å². The molecule has 1 aromatic carbocycles. The van der Waals surface area contributed by atoms with Crippen LogP contribution >= 0.6 is 0 Å².